The number of hydrogen-bond donors (Lipinski definition) is 1. The molecular weight excluding hydrogens is 201 g/mol. The van der Waals surface area contributed by atoms with Crippen LogP contribution >= 0.6 is 11.6 Å². The van der Waals surface area contributed by atoms with E-state index in [9.17, 15) is 4.39 Å². The predicted octanol–water partition coefficient (Wildman–Crippen LogP) is 3.24. The fraction of sp³-hybridized carbons (Fsp3) is 0.455. The van der Waals surface area contributed by atoms with Crippen LogP contribution in [-0.4, -0.2) is 6.04 Å². The molecule has 1 aromatic rings. The van der Waals surface area contributed by atoms with Crippen molar-refractivity contribution in [3.05, 3.63) is 34.1 Å². The second-order valence-corrected chi connectivity index (χ2v) is 4.13. The summed E-state index contributed by atoms with van der Waals surface area (Å²) in [6.45, 7) is 5.46. The summed E-state index contributed by atoms with van der Waals surface area (Å²) in [6, 6.07) is 3.36. The predicted molar refractivity (Wildman–Crippen MR) is 58.2 cm³/mol. The molecule has 3 heteroatoms. The molecule has 2 unspecified atom stereocenters. The average Bonchev–Trinajstić information content (AvgIpc) is 2.13. The van der Waals surface area contributed by atoms with Gasteiger partial charge in [-0.1, -0.05) is 24.6 Å². The zero-order chi connectivity index (χ0) is 10.9. The van der Waals surface area contributed by atoms with Crippen LogP contribution in [0.2, 0.25) is 5.02 Å². The van der Waals surface area contributed by atoms with Crippen molar-refractivity contribution in [3.63, 3.8) is 0 Å². The van der Waals surface area contributed by atoms with Crippen LogP contribution in [0.3, 0.4) is 0 Å². The van der Waals surface area contributed by atoms with Gasteiger partial charge in [0.15, 0.2) is 0 Å². The maximum absolute atomic E-state index is 13.7. The van der Waals surface area contributed by atoms with Crippen LogP contribution in [0.25, 0.3) is 0 Å². The van der Waals surface area contributed by atoms with Crippen molar-refractivity contribution in [2.75, 3.05) is 0 Å². The molecule has 2 N–H and O–H groups in total. The highest BCUT2D eigenvalue weighted by atomic mass is 35.5. The standard InChI is InChI=1S/C11H15ClFN/c1-6(8(3)14)9-4-5-10(12)7(2)11(9)13/h4-6,8H,14H2,1-3H3. The van der Waals surface area contributed by atoms with Gasteiger partial charge in [-0.25, -0.2) is 4.39 Å². The molecular formula is C11H15ClFN. The van der Waals surface area contributed by atoms with Gasteiger partial charge in [0, 0.05) is 16.6 Å². The Hall–Kier alpha value is -0.600. The van der Waals surface area contributed by atoms with E-state index in [0.29, 0.717) is 16.1 Å². The first kappa shape index (κ1) is 11.5. The summed E-state index contributed by atoms with van der Waals surface area (Å²) in [7, 11) is 0. The van der Waals surface area contributed by atoms with Crippen molar-refractivity contribution < 1.29 is 4.39 Å². The van der Waals surface area contributed by atoms with Crippen molar-refractivity contribution in [2.45, 2.75) is 32.7 Å². The van der Waals surface area contributed by atoms with Gasteiger partial charge in [-0.05, 0) is 31.4 Å². The first-order valence-corrected chi connectivity index (χ1v) is 5.03. The largest absolute Gasteiger partial charge is 0.327 e. The molecule has 0 amide bonds. The van der Waals surface area contributed by atoms with E-state index in [1.165, 1.54) is 0 Å². The number of hydrogen-bond acceptors (Lipinski definition) is 1. The van der Waals surface area contributed by atoms with Crippen LogP contribution in [0, 0.1) is 12.7 Å². The number of halogens is 2. The van der Waals surface area contributed by atoms with Crippen LogP contribution in [0.4, 0.5) is 4.39 Å². The molecule has 14 heavy (non-hydrogen) atoms. The molecule has 0 fully saturated rings. The summed E-state index contributed by atoms with van der Waals surface area (Å²) in [5, 5.41) is 0.461. The molecule has 2 atom stereocenters. The summed E-state index contributed by atoms with van der Waals surface area (Å²) in [5.41, 5.74) is 6.86. The van der Waals surface area contributed by atoms with E-state index < -0.39 is 0 Å². The Labute approximate surface area is 89.1 Å². The van der Waals surface area contributed by atoms with E-state index in [-0.39, 0.29) is 17.8 Å². The molecule has 78 valence electrons. The zero-order valence-corrected chi connectivity index (χ0v) is 9.40. The Morgan fingerprint density at radius 1 is 1.36 bits per heavy atom. The first-order valence-electron chi connectivity index (χ1n) is 4.65. The van der Waals surface area contributed by atoms with Crippen LogP contribution in [0.1, 0.15) is 30.9 Å². The van der Waals surface area contributed by atoms with E-state index in [1.807, 2.05) is 13.8 Å². The van der Waals surface area contributed by atoms with Gasteiger partial charge in [0.1, 0.15) is 5.82 Å². The molecule has 0 saturated carbocycles. The van der Waals surface area contributed by atoms with Gasteiger partial charge < -0.3 is 5.73 Å². The van der Waals surface area contributed by atoms with Crippen LogP contribution in [-0.2, 0) is 0 Å². The molecule has 0 radical (unpaired) electrons. The van der Waals surface area contributed by atoms with Crippen molar-refractivity contribution in [2.24, 2.45) is 5.73 Å². The Balaban J connectivity index is 3.17. The lowest BCUT2D eigenvalue weighted by molar-refractivity contribution is 0.545. The molecule has 0 heterocycles. The second kappa shape index (κ2) is 4.28. The number of benzene rings is 1. The van der Waals surface area contributed by atoms with Crippen LogP contribution in [0.15, 0.2) is 12.1 Å². The Bertz CT molecular complexity index is 336. The highest BCUT2D eigenvalue weighted by Crippen LogP contribution is 2.27. The van der Waals surface area contributed by atoms with Gasteiger partial charge in [-0.2, -0.15) is 0 Å². The van der Waals surface area contributed by atoms with E-state index >= 15 is 0 Å². The maximum Gasteiger partial charge on any atom is 0.131 e. The van der Waals surface area contributed by atoms with Crippen LogP contribution in [0.5, 0.6) is 0 Å². The average molecular weight is 216 g/mol. The molecule has 0 aromatic heterocycles. The molecule has 0 aliphatic rings. The summed E-state index contributed by atoms with van der Waals surface area (Å²) >= 11 is 5.80. The van der Waals surface area contributed by atoms with Crippen molar-refractivity contribution in [1.29, 1.82) is 0 Å². The third kappa shape index (κ3) is 2.07. The van der Waals surface area contributed by atoms with Gasteiger partial charge in [0.25, 0.3) is 0 Å². The summed E-state index contributed by atoms with van der Waals surface area (Å²) in [4.78, 5) is 0. The molecule has 0 saturated heterocycles. The third-order valence-corrected chi connectivity index (χ3v) is 3.04. The van der Waals surface area contributed by atoms with Crippen molar-refractivity contribution in [1.82, 2.24) is 0 Å². The van der Waals surface area contributed by atoms with E-state index in [2.05, 4.69) is 0 Å². The van der Waals surface area contributed by atoms with Crippen LogP contribution < -0.4 is 5.73 Å². The monoisotopic (exact) mass is 215 g/mol. The molecule has 1 nitrogen and oxygen atoms in total. The molecule has 1 rings (SSSR count). The fourth-order valence-electron chi connectivity index (χ4n) is 1.32. The quantitative estimate of drug-likeness (QED) is 0.806. The van der Waals surface area contributed by atoms with E-state index in [1.54, 1.807) is 19.1 Å². The first-order chi connectivity index (χ1) is 6.45. The van der Waals surface area contributed by atoms with E-state index in [0.717, 1.165) is 0 Å². The second-order valence-electron chi connectivity index (χ2n) is 3.72. The third-order valence-electron chi connectivity index (χ3n) is 2.63. The Kier molecular flexibility index (Phi) is 3.51. The van der Waals surface area contributed by atoms with Gasteiger partial charge in [-0.3, -0.25) is 0 Å². The highest BCUT2D eigenvalue weighted by Gasteiger charge is 2.17. The molecule has 0 spiro atoms. The van der Waals surface area contributed by atoms with Crippen molar-refractivity contribution >= 4 is 11.6 Å². The van der Waals surface area contributed by atoms with Gasteiger partial charge >= 0.3 is 0 Å². The lowest BCUT2D eigenvalue weighted by atomic mass is 9.93. The minimum Gasteiger partial charge on any atom is -0.327 e. The zero-order valence-electron chi connectivity index (χ0n) is 8.64. The highest BCUT2D eigenvalue weighted by molar-refractivity contribution is 6.31. The smallest absolute Gasteiger partial charge is 0.131 e. The SMILES string of the molecule is Cc1c(Cl)ccc(C(C)C(C)N)c1F. The minimum absolute atomic E-state index is 0.00552. The normalized spacial score (nSPS) is 15.3. The lowest BCUT2D eigenvalue weighted by Crippen LogP contribution is -2.23. The molecule has 0 bridgehead atoms. The van der Waals surface area contributed by atoms with Gasteiger partial charge in [0.2, 0.25) is 0 Å². The van der Waals surface area contributed by atoms with Gasteiger partial charge in [-0.15, -0.1) is 0 Å². The fourth-order valence-corrected chi connectivity index (χ4v) is 1.46. The number of rotatable bonds is 2. The summed E-state index contributed by atoms with van der Waals surface area (Å²) in [6.07, 6.45) is 0. The topological polar surface area (TPSA) is 26.0 Å². The van der Waals surface area contributed by atoms with Crippen molar-refractivity contribution in [3.8, 4) is 0 Å². The maximum atomic E-state index is 13.7. The lowest BCUT2D eigenvalue weighted by Gasteiger charge is -2.18. The molecule has 0 aliphatic carbocycles. The minimum atomic E-state index is -0.234. The number of nitrogens with two attached hydrogens (primary N) is 1. The molecule has 1 aromatic carbocycles. The summed E-state index contributed by atoms with van der Waals surface area (Å²) < 4.78 is 13.7. The van der Waals surface area contributed by atoms with Gasteiger partial charge in [0.05, 0.1) is 0 Å². The molecule has 0 aliphatic heterocycles. The summed E-state index contributed by atoms with van der Waals surface area (Å²) in [5.74, 6) is -0.228. The van der Waals surface area contributed by atoms with E-state index in [4.69, 9.17) is 17.3 Å². The Morgan fingerprint density at radius 2 is 1.93 bits per heavy atom. The Morgan fingerprint density at radius 3 is 2.43 bits per heavy atom.